The predicted molar refractivity (Wildman–Crippen MR) is 93.7 cm³/mol. The number of para-hydroxylation sites is 1. The second kappa shape index (κ2) is 7.44. The Morgan fingerprint density at radius 2 is 1.76 bits per heavy atom. The van der Waals surface area contributed by atoms with E-state index in [2.05, 4.69) is 10.4 Å². The molecule has 1 heterocycles. The van der Waals surface area contributed by atoms with Gasteiger partial charge < -0.3 is 10.1 Å². The lowest BCUT2D eigenvalue weighted by atomic mass is 10.2. The average molecular weight is 335 g/mol. The van der Waals surface area contributed by atoms with Crippen molar-refractivity contribution >= 4 is 17.6 Å². The number of rotatable bonds is 5. The monoisotopic (exact) mass is 335 g/mol. The summed E-state index contributed by atoms with van der Waals surface area (Å²) in [5.41, 5.74) is 2.87. The number of esters is 1. The largest absolute Gasteiger partial charge is 0.452 e. The molecule has 0 saturated heterocycles. The van der Waals surface area contributed by atoms with Crippen molar-refractivity contribution in [3.8, 4) is 5.69 Å². The molecule has 25 heavy (non-hydrogen) atoms. The third kappa shape index (κ3) is 4.11. The molecule has 1 aromatic heterocycles. The Kier molecular flexibility index (Phi) is 4.89. The molecule has 1 N–H and O–H groups in total. The zero-order valence-electron chi connectivity index (χ0n) is 13.7. The van der Waals surface area contributed by atoms with Gasteiger partial charge in [-0.2, -0.15) is 5.10 Å². The van der Waals surface area contributed by atoms with Crippen LogP contribution < -0.4 is 5.32 Å². The maximum absolute atomic E-state index is 12.0. The molecule has 0 radical (unpaired) electrons. The molecule has 0 unspecified atom stereocenters. The van der Waals surface area contributed by atoms with Crippen LogP contribution in [0.3, 0.4) is 0 Å². The number of hydrogen-bond donors (Lipinski definition) is 1. The van der Waals surface area contributed by atoms with Crippen LogP contribution in [-0.2, 0) is 9.53 Å². The van der Waals surface area contributed by atoms with Crippen molar-refractivity contribution in [1.29, 1.82) is 0 Å². The number of nitrogens with zero attached hydrogens (tertiary/aromatic N) is 2. The van der Waals surface area contributed by atoms with E-state index in [4.69, 9.17) is 4.74 Å². The molecular weight excluding hydrogens is 318 g/mol. The van der Waals surface area contributed by atoms with E-state index in [-0.39, 0.29) is 12.5 Å². The first-order valence-corrected chi connectivity index (χ1v) is 7.76. The maximum atomic E-state index is 12.0. The number of hydrogen-bond acceptors (Lipinski definition) is 4. The number of aryl methyl sites for hydroxylation is 1. The first-order valence-electron chi connectivity index (χ1n) is 7.76. The molecule has 6 heteroatoms. The third-order valence-corrected chi connectivity index (χ3v) is 3.57. The van der Waals surface area contributed by atoms with Gasteiger partial charge in [0.25, 0.3) is 5.91 Å². The van der Waals surface area contributed by atoms with E-state index >= 15 is 0 Å². The molecule has 0 saturated carbocycles. The highest BCUT2D eigenvalue weighted by molar-refractivity contribution is 5.95. The fraction of sp³-hybridized carbons (Fsp3) is 0.105. The minimum Gasteiger partial charge on any atom is -0.452 e. The molecule has 2 aromatic carbocycles. The topological polar surface area (TPSA) is 73.2 Å². The average Bonchev–Trinajstić information content (AvgIpc) is 3.07. The third-order valence-electron chi connectivity index (χ3n) is 3.57. The number of aromatic nitrogens is 2. The Morgan fingerprint density at radius 1 is 1.04 bits per heavy atom. The van der Waals surface area contributed by atoms with Crippen LogP contribution in [0.5, 0.6) is 0 Å². The van der Waals surface area contributed by atoms with Crippen molar-refractivity contribution < 1.29 is 14.3 Å². The first kappa shape index (κ1) is 16.4. The van der Waals surface area contributed by atoms with E-state index < -0.39 is 5.97 Å². The molecular formula is C19H17N3O3. The minimum absolute atomic E-state index is 0.340. The number of carbonyl (C=O) groups excluding carboxylic acids is 2. The highest BCUT2D eigenvalue weighted by Gasteiger charge is 2.11. The summed E-state index contributed by atoms with van der Waals surface area (Å²) in [6.07, 6.45) is 1.71. The van der Waals surface area contributed by atoms with Crippen LogP contribution in [0.1, 0.15) is 16.1 Å². The van der Waals surface area contributed by atoms with E-state index in [0.717, 1.165) is 11.4 Å². The summed E-state index contributed by atoms with van der Waals surface area (Å²) in [5.74, 6) is -0.935. The van der Waals surface area contributed by atoms with Crippen molar-refractivity contribution in [2.75, 3.05) is 11.9 Å². The number of benzene rings is 2. The molecule has 0 spiro atoms. The summed E-state index contributed by atoms with van der Waals surface area (Å²) in [7, 11) is 0. The SMILES string of the molecule is Cc1ccnn1-c1ccc(C(=O)OCC(=O)Nc2ccccc2)cc1. The number of nitrogens with one attached hydrogen (secondary N) is 1. The molecule has 0 fully saturated rings. The second-order valence-corrected chi connectivity index (χ2v) is 5.42. The summed E-state index contributed by atoms with van der Waals surface area (Å²) in [6.45, 7) is 1.61. The Labute approximate surface area is 145 Å². The predicted octanol–water partition coefficient (Wildman–Crippen LogP) is 2.98. The molecule has 3 rings (SSSR count). The fourth-order valence-electron chi connectivity index (χ4n) is 2.31. The number of ether oxygens (including phenoxy) is 1. The smallest absolute Gasteiger partial charge is 0.338 e. The van der Waals surface area contributed by atoms with Crippen LogP contribution >= 0.6 is 0 Å². The van der Waals surface area contributed by atoms with Gasteiger partial charge in [-0.25, -0.2) is 9.48 Å². The Morgan fingerprint density at radius 3 is 2.40 bits per heavy atom. The Balaban J connectivity index is 1.56. The Hall–Kier alpha value is -3.41. The summed E-state index contributed by atoms with van der Waals surface area (Å²) < 4.78 is 6.81. The van der Waals surface area contributed by atoms with Gasteiger partial charge in [-0.1, -0.05) is 18.2 Å². The van der Waals surface area contributed by atoms with Gasteiger partial charge >= 0.3 is 5.97 Å². The molecule has 0 atom stereocenters. The first-order chi connectivity index (χ1) is 12.1. The fourth-order valence-corrected chi connectivity index (χ4v) is 2.31. The zero-order valence-corrected chi connectivity index (χ0v) is 13.7. The van der Waals surface area contributed by atoms with Crippen molar-refractivity contribution in [3.63, 3.8) is 0 Å². The molecule has 6 nitrogen and oxygen atoms in total. The summed E-state index contributed by atoms with van der Waals surface area (Å²) >= 11 is 0. The van der Waals surface area contributed by atoms with Gasteiger partial charge in [0.2, 0.25) is 0 Å². The molecule has 0 aliphatic rings. The van der Waals surface area contributed by atoms with Crippen LogP contribution in [0.2, 0.25) is 0 Å². The molecule has 126 valence electrons. The lowest BCUT2D eigenvalue weighted by Gasteiger charge is -2.08. The van der Waals surface area contributed by atoms with Crippen molar-refractivity contribution in [2.45, 2.75) is 6.92 Å². The summed E-state index contributed by atoms with van der Waals surface area (Å²) in [5, 5.41) is 6.86. The molecule has 0 aliphatic heterocycles. The maximum Gasteiger partial charge on any atom is 0.338 e. The van der Waals surface area contributed by atoms with Gasteiger partial charge in [0.15, 0.2) is 6.61 Å². The van der Waals surface area contributed by atoms with Crippen molar-refractivity contribution in [2.24, 2.45) is 0 Å². The van der Waals surface area contributed by atoms with Crippen LogP contribution in [0.4, 0.5) is 5.69 Å². The highest BCUT2D eigenvalue weighted by Crippen LogP contribution is 2.12. The van der Waals surface area contributed by atoms with Crippen LogP contribution in [0.25, 0.3) is 5.69 Å². The zero-order chi connectivity index (χ0) is 17.6. The van der Waals surface area contributed by atoms with Crippen LogP contribution in [0, 0.1) is 6.92 Å². The van der Waals surface area contributed by atoms with Gasteiger partial charge in [-0.3, -0.25) is 4.79 Å². The normalized spacial score (nSPS) is 10.3. The van der Waals surface area contributed by atoms with E-state index in [9.17, 15) is 9.59 Å². The summed E-state index contributed by atoms with van der Waals surface area (Å²) in [4.78, 5) is 23.8. The van der Waals surface area contributed by atoms with E-state index in [0.29, 0.717) is 11.3 Å². The number of anilines is 1. The minimum atomic E-state index is -0.549. The van der Waals surface area contributed by atoms with Crippen LogP contribution in [-0.4, -0.2) is 28.3 Å². The molecule has 0 aliphatic carbocycles. The van der Waals surface area contributed by atoms with Gasteiger partial charge in [0.05, 0.1) is 11.3 Å². The van der Waals surface area contributed by atoms with Crippen molar-refractivity contribution in [3.05, 3.63) is 78.1 Å². The van der Waals surface area contributed by atoms with E-state index in [1.807, 2.05) is 31.2 Å². The lowest BCUT2D eigenvalue weighted by molar-refractivity contribution is -0.119. The van der Waals surface area contributed by atoms with Gasteiger partial charge in [0, 0.05) is 17.6 Å². The molecule has 3 aromatic rings. The summed E-state index contributed by atoms with van der Waals surface area (Å²) in [6, 6.07) is 17.7. The van der Waals surface area contributed by atoms with Crippen molar-refractivity contribution in [1.82, 2.24) is 9.78 Å². The highest BCUT2D eigenvalue weighted by atomic mass is 16.5. The van der Waals surface area contributed by atoms with E-state index in [1.165, 1.54) is 0 Å². The van der Waals surface area contributed by atoms with E-state index in [1.54, 1.807) is 47.3 Å². The van der Waals surface area contributed by atoms with Gasteiger partial charge in [-0.15, -0.1) is 0 Å². The Bertz CT molecular complexity index is 870. The number of carbonyl (C=O) groups is 2. The number of amides is 1. The standard InChI is InChI=1S/C19H17N3O3/c1-14-11-12-20-22(14)17-9-7-15(8-10-17)19(24)25-13-18(23)21-16-5-3-2-4-6-16/h2-12H,13H2,1H3,(H,21,23). The molecule has 0 bridgehead atoms. The van der Waals surface area contributed by atoms with Gasteiger partial charge in [-0.05, 0) is 49.4 Å². The quantitative estimate of drug-likeness (QED) is 0.728. The second-order valence-electron chi connectivity index (χ2n) is 5.42. The van der Waals surface area contributed by atoms with Gasteiger partial charge in [0.1, 0.15) is 0 Å². The molecule has 1 amide bonds. The van der Waals surface area contributed by atoms with Crippen LogP contribution in [0.15, 0.2) is 66.9 Å². The lowest BCUT2D eigenvalue weighted by Crippen LogP contribution is -2.20.